The van der Waals surface area contributed by atoms with Crippen LogP contribution in [0.3, 0.4) is 0 Å². The van der Waals surface area contributed by atoms with Gasteiger partial charge in [-0.2, -0.15) is 0 Å². The molecule has 2 N–H and O–H groups in total. The molecule has 5 rings (SSSR count). The van der Waals surface area contributed by atoms with Crippen LogP contribution in [0.15, 0.2) is 133 Å². The first-order chi connectivity index (χ1) is 27.8. The Morgan fingerprint density at radius 1 is 0.655 bits per heavy atom. The van der Waals surface area contributed by atoms with Crippen molar-refractivity contribution in [3.8, 4) is 0 Å². The van der Waals surface area contributed by atoms with Gasteiger partial charge in [-0.1, -0.05) is 154 Å². The van der Waals surface area contributed by atoms with Crippen LogP contribution < -0.4 is 5.32 Å². The minimum atomic E-state index is -1.06. The van der Waals surface area contributed by atoms with Crippen molar-refractivity contribution in [2.45, 2.75) is 129 Å². The summed E-state index contributed by atoms with van der Waals surface area (Å²) in [6.45, 7) is 13.3. The zero-order valence-corrected chi connectivity index (χ0v) is 35.0. The number of rotatable bonds is 19. The van der Waals surface area contributed by atoms with E-state index in [1.807, 2.05) is 148 Å². The van der Waals surface area contributed by atoms with Crippen LogP contribution in [-0.2, 0) is 54.8 Å². The molecule has 0 saturated carbocycles. The third-order valence-corrected chi connectivity index (χ3v) is 9.64. The molecule has 312 valence electrons. The van der Waals surface area contributed by atoms with Gasteiger partial charge in [0.1, 0.15) is 30.0 Å². The Hall–Kier alpha value is -4.35. The molecular formula is C49H63NO8. The van der Waals surface area contributed by atoms with E-state index in [-0.39, 0.29) is 25.0 Å². The first-order valence-corrected chi connectivity index (χ1v) is 20.4. The minimum absolute atomic E-state index is 0.0121. The fraction of sp³-hybridized carbons (Fsp3) is 0.449. The van der Waals surface area contributed by atoms with Gasteiger partial charge in [0, 0.05) is 0 Å². The number of ether oxygens (including phenoxy) is 6. The largest absolute Gasteiger partial charge is 0.444 e. The van der Waals surface area contributed by atoms with Gasteiger partial charge in [-0.3, -0.25) is 0 Å². The molecule has 1 aliphatic heterocycles. The van der Waals surface area contributed by atoms with Gasteiger partial charge in [-0.25, -0.2) is 4.79 Å². The van der Waals surface area contributed by atoms with Crippen LogP contribution in [0.25, 0.3) is 0 Å². The van der Waals surface area contributed by atoms with Crippen molar-refractivity contribution in [1.82, 2.24) is 5.32 Å². The van der Waals surface area contributed by atoms with E-state index in [1.165, 1.54) is 0 Å². The van der Waals surface area contributed by atoms with E-state index in [0.717, 1.165) is 28.7 Å². The van der Waals surface area contributed by atoms with E-state index in [0.29, 0.717) is 19.8 Å². The summed E-state index contributed by atoms with van der Waals surface area (Å²) in [6.07, 6.45) is -0.332. The molecule has 7 atom stereocenters. The van der Waals surface area contributed by atoms with E-state index >= 15 is 0 Å². The summed E-state index contributed by atoms with van der Waals surface area (Å²) in [5, 5.41) is 14.7. The lowest BCUT2D eigenvalue weighted by molar-refractivity contribution is -0.274. The van der Waals surface area contributed by atoms with Gasteiger partial charge in [0.05, 0.1) is 51.3 Å². The molecule has 1 aliphatic rings. The predicted molar refractivity (Wildman–Crippen MR) is 227 cm³/mol. The molecule has 0 unspecified atom stereocenters. The number of carbonyl (C=O) groups excluding carboxylic acids is 1. The van der Waals surface area contributed by atoms with E-state index in [9.17, 15) is 9.90 Å². The van der Waals surface area contributed by atoms with Crippen molar-refractivity contribution in [3.05, 3.63) is 156 Å². The Morgan fingerprint density at radius 3 is 1.53 bits per heavy atom. The topological polar surface area (TPSA) is 105 Å². The van der Waals surface area contributed by atoms with Crippen molar-refractivity contribution < 1.29 is 38.3 Å². The average Bonchev–Trinajstić information content (AvgIpc) is 3.19. The van der Waals surface area contributed by atoms with Crippen molar-refractivity contribution in [1.29, 1.82) is 0 Å². The summed E-state index contributed by atoms with van der Waals surface area (Å²) in [5.41, 5.74) is 3.28. The molecule has 9 heteroatoms. The Kier molecular flexibility index (Phi) is 17.1. The molecular weight excluding hydrogens is 731 g/mol. The Morgan fingerprint density at radius 2 is 1.09 bits per heavy atom. The van der Waals surface area contributed by atoms with Crippen molar-refractivity contribution >= 4 is 6.09 Å². The third kappa shape index (κ3) is 15.4. The summed E-state index contributed by atoms with van der Waals surface area (Å²) in [6, 6.07) is 39.1. The highest BCUT2D eigenvalue weighted by atomic mass is 16.6. The van der Waals surface area contributed by atoms with Gasteiger partial charge >= 0.3 is 6.09 Å². The van der Waals surface area contributed by atoms with E-state index < -0.39 is 54.4 Å². The maximum atomic E-state index is 13.4. The van der Waals surface area contributed by atoms with Crippen LogP contribution in [-0.4, -0.2) is 66.1 Å². The molecule has 58 heavy (non-hydrogen) atoms. The molecule has 0 aromatic heterocycles. The Balaban J connectivity index is 1.53. The predicted octanol–water partition coefficient (Wildman–Crippen LogP) is 9.36. The lowest BCUT2D eigenvalue weighted by Crippen LogP contribution is -2.62. The second-order valence-electron chi connectivity index (χ2n) is 17.2. The first kappa shape index (κ1) is 44.7. The highest BCUT2D eigenvalue weighted by Gasteiger charge is 2.49. The standard InChI is InChI=1S/C49H63NO8/c1-48(2,3)29-19-28-41(51)40(50-47(52)58-49(4,5)6)30-42-44(54-32-37-22-13-8-14-23-37)46(56-34-39-26-17-10-18-27-39)45(55-33-38-24-15-9-16-25-38)43(57-42)35-53-31-36-20-11-7-12-21-36/h7-28,40-46,51H,29-35H2,1-6H3,(H,50,52)/t40-,41+,42-,43+,44-,45-,46+/m0/s1. The molecule has 0 aliphatic carbocycles. The maximum Gasteiger partial charge on any atom is 0.407 e. The van der Waals surface area contributed by atoms with Crippen molar-refractivity contribution in [2.24, 2.45) is 5.41 Å². The van der Waals surface area contributed by atoms with Crippen LogP contribution in [0.4, 0.5) is 4.79 Å². The first-order valence-electron chi connectivity index (χ1n) is 20.4. The second kappa shape index (κ2) is 22.1. The highest BCUT2D eigenvalue weighted by molar-refractivity contribution is 5.68. The summed E-state index contributed by atoms with van der Waals surface area (Å²) in [5.74, 6) is 0. The molecule has 4 aromatic carbocycles. The molecule has 1 fully saturated rings. The molecule has 0 bridgehead atoms. The maximum absolute atomic E-state index is 13.4. The van der Waals surface area contributed by atoms with Gasteiger partial charge < -0.3 is 38.8 Å². The van der Waals surface area contributed by atoms with Gasteiger partial charge in [0.2, 0.25) is 0 Å². The van der Waals surface area contributed by atoms with Crippen LogP contribution in [0.2, 0.25) is 0 Å². The fourth-order valence-corrected chi connectivity index (χ4v) is 6.76. The quantitative estimate of drug-likeness (QED) is 0.0906. The number of hydrogen-bond acceptors (Lipinski definition) is 8. The number of benzene rings is 4. The zero-order valence-electron chi connectivity index (χ0n) is 35.0. The Labute approximate surface area is 345 Å². The average molecular weight is 794 g/mol. The summed E-state index contributed by atoms with van der Waals surface area (Å²) < 4.78 is 39.7. The van der Waals surface area contributed by atoms with Crippen LogP contribution in [0, 0.1) is 5.41 Å². The highest BCUT2D eigenvalue weighted by Crippen LogP contribution is 2.33. The van der Waals surface area contributed by atoms with Gasteiger partial charge in [-0.15, -0.1) is 0 Å². The number of nitrogens with one attached hydrogen (secondary N) is 1. The number of carbonyl (C=O) groups is 1. The Bertz CT molecular complexity index is 1780. The van der Waals surface area contributed by atoms with Gasteiger partial charge in [0.25, 0.3) is 0 Å². The smallest absolute Gasteiger partial charge is 0.407 e. The lowest BCUT2D eigenvalue weighted by Gasteiger charge is -2.47. The molecule has 4 aromatic rings. The van der Waals surface area contributed by atoms with Crippen LogP contribution >= 0.6 is 0 Å². The van der Waals surface area contributed by atoms with Gasteiger partial charge in [0.15, 0.2) is 0 Å². The molecule has 0 radical (unpaired) electrons. The van der Waals surface area contributed by atoms with Crippen LogP contribution in [0.1, 0.15) is 76.6 Å². The molecule has 1 amide bonds. The lowest BCUT2D eigenvalue weighted by atomic mass is 9.88. The summed E-state index contributed by atoms with van der Waals surface area (Å²) >= 11 is 0. The van der Waals surface area contributed by atoms with Crippen molar-refractivity contribution in [2.75, 3.05) is 6.61 Å². The monoisotopic (exact) mass is 793 g/mol. The molecule has 1 heterocycles. The third-order valence-electron chi connectivity index (χ3n) is 9.64. The fourth-order valence-electron chi connectivity index (χ4n) is 6.76. The number of allylic oxidation sites excluding steroid dienone is 1. The van der Waals surface area contributed by atoms with Gasteiger partial charge in [-0.05, 0) is 61.3 Å². The van der Waals surface area contributed by atoms with E-state index in [1.54, 1.807) is 6.08 Å². The molecule has 9 nitrogen and oxygen atoms in total. The summed E-state index contributed by atoms with van der Waals surface area (Å²) in [7, 11) is 0. The van der Waals surface area contributed by atoms with Crippen molar-refractivity contribution in [3.63, 3.8) is 0 Å². The normalized spacial score (nSPS) is 21.1. The number of aliphatic hydroxyl groups excluding tert-OH is 1. The number of alkyl carbamates (subject to hydrolysis) is 1. The van der Waals surface area contributed by atoms with E-state index in [4.69, 9.17) is 28.4 Å². The SMILES string of the molecule is CC(C)(C)CC=C[C@@H](O)[C@H](C[C@@H]1O[C@H](COCc2ccccc2)[C@H](OCc2ccccc2)[C@H](OCc2ccccc2)[C@H]1OCc1ccccc1)NC(=O)OC(C)(C)C. The minimum Gasteiger partial charge on any atom is -0.444 e. The molecule has 1 saturated heterocycles. The summed E-state index contributed by atoms with van der Waals surface area (Å²) in [4.78, 5) is 13.4. The number of aliphatic hydroxyl groups is 1. The second-order valence-corrected chi connectivity index (χ2v) is 17.2. The number of hydrogen-bond donors (Lipinski definition) is 2. The molecule has 0 spiro atoms. The zero-order chi connectivity index (χ0) is 41.4. The van der Waals surface area contributed by atoms with Crippen LogP contribution in [0.5, 0.6) is 0 Å². The number of amides is 1. The van der Waals surface area contributed by atoms with E-state index in [2.05, 4.69) is 26.1 Å².